The molecule has 1 unspecified atom stereocenters. The van der Waals surface area contributed by atoms with Crippen LogP contribution in [-0.4, -0.2) is 27.1 Å². The van der Waals surface area contributed by atoms with Crippen LogP contribution in [0.25, 0.3) is 0 Å². The van der Waals surface area contributed by atoms with Gasteiger partial charge in [-0.05, 0) is 36.4 Å². The first kappa shape index (κ1) is 13.1. The SMILES string of the molecule is CC1c2ccsc2CCN1C(=O)c1ccc(=O)n(C)n1. The molecule has 1 amide bonds. The van der Waals surface area contributed by atoms with Crippen molar-refractivity contribution in [2.45, 2.75) is 19.4 Å². The van der Waals surface area contributed by atoms with Gasteiger partial charge < -0.3 is 4.90 Å². The third-order valence-electron chi connectivity index (χ3n) is 3.72. The molecule has 0 saturated heterocycles. The van der Waals surface area contributed by atoms with Gasteiger partial charge in [0.15, 0.2) is 0 Å². The van der Waals surface area contributed by atoms with Crippen LogP contribution in [0, 0.1) is 0 Å². The number of aryl methyl sites for hydroxylation is 1. The number of rotatable bonds is 1. The number of fused-ring (bicyclic) bond motifs is 1. The van der Waals surface area contributed by atoms with Crippen molar-refractivity contribution in [3.63, 3.8) is 0 Å². The molecule has 0 spiro atoms. The van der Waals surface area contributed by atoms with Crippen molar-refractivity contribution in [3.8, 4) is 0 Å². The highest BCUT2D eigenvalue weighted by molar-refractivity contribution is 7.10. The first-order chi connectivity index (χ1) is 9.58. The molecule has 0 radical (unpaired) electrons. The zero-order valence-electron chi connectivity index (χ0n) is 11.4. The molecule has 3 heterocycles. The van der Waals surface area contributed by atoms with Crippen molar-refractivity contribution in [3.05, 3.63) is 50.1 Å². The summed E-state index contributed by atoms with van der Waals surface area (Å²) < 4.78 is 1.19. The molecule has 0 aliphatic carbocycles. The predicted molar refractivity (Wildman–Crippen MR) is 77.0 cm³/mol. The Kier molecular flexibility index (Phi) is 3.17. The molecule has 0 fully saturated rings. The normalized spacial score (nSPS) is 17.9. The molecule has 3 rings (SSSR count). The second kappa shape index (κ2) is 4.86. The van der Waals surface area contributed by atoms with Crippen molar-refractivity contribution in [1.29, 1.82) is 0 Å². The summed E-state index contributed by atoms with van der Waals surface area (Å²) >= 11 is 1.74. The van der Waals surface area contributed by atoms with Gasteiger partial charge in [0.05, 0.1) is 6.04 Å². The Morgan fingerprint density at radius 1 is 1.40 bits per heavy atom. The molecular weight excluding hydrogens is 274 g/mol. The molecule has 5 nitrogen and oxygen atoms in total. The van der Waals surface area contributed by atoms with Crippen molar-refractivity contribution in [2.75, 3.05) is 6.54 Å². The lowest BCUT2D eigenvalue weighted by Crippen LogP contribution is -2.39. The molecule has 20 heavy (non-hydrogen) atoms. The number of amides is 1. The predicted octanol–water partition coefficient (Wildman–Crippen LogP) is 1.60. The van der Waals surface area contributed by atoms with Crippen LogP contribution in [0.4, 0.5) is 0 Å². The Hall–Kier alpha value is -1.95. The van der Waals surface area contributed by atoms with Crippen molar-refractivity contribution < 1.29 is 4.79 Å². The first-order valence-corrected chi connectivity index (χ1v) is 7.37. The Labute approximate surface area is 120 Å². The monoisotopic (exact) mass is 289 g/mol. The quantitative estimate of drug-likeness (QED) is 0.801. The van der Waals surface area contributed by atoms with Gasteiger partial charge in [-0.3, -0.25) is 9.59 Å². The molecule has 1 aliphatic rings. The molecule has 6 heteroatoms. The van der Waals surface area contributed by atoms with Crippen LogP contribution in [0.2, 0.25) is 0 Å². The highest BCUT2D eigenvalue weighted by Crippen LogP contribution is 2.33. The minimum Gasteiger partial charge on any atom is -0.330 e. The molecule has 0 aromatic carbocycles. The summed E-state index contributed by atoms with van der Waals surface area (Å²) in [5, 5.41) is 6.11. The highest BCUT2D eigenvalue weighted by Gasteiger charge is 2.29. The maximum Gasteiger partial charge on any atom is 0.274 e. The van der Waals surface area contributed by atoms with Gasteiger partial charge in [-0.15, -0.1) is 11.3 Å². The standard InChI is InChI=1S/C14H15N3O2S/c1-9-10-6-8-20-12(10)5-7-17(9)14(19)11-3-4-13(18)16(2)15-11/h3-4,6,8-9H,5,7H2,1-2H3. The van der Waals surface area contributed by atoms with E-state index in [9.17, 15) is 9.59 Å². The van der Waals surface area contributed by atoms with Crippen molar-refractivity contribution in [2.24, 2.45) is 7.05 Å². The summed E-state index contributed by atoms with van der Waals surface area (Å²) in [5.41, 5.74) is 1.32. The van der Waals surface area contributed by atoms with Crippen LogP contribution >= 0.6 is 11.3 Å². The van der Waals surface area contributed by atoms with Crippen molar-refractivity contribution >= 4 is 17.2 Å². The fourth-order valence-electron chi connectivity index (χ4n) is 2.55. The van der Waals surface area contributed by atoms with E-state index < -0.39 is 0 Å². The molecule has 2 aromatic rings. The van der Waals surface area contributed by atoms with E-state index in [1.807, 2.05) is 11.8 Å². The van der Waals surface area contributed by atoms with Gasteiger partial charge in [0.25, 0.3) is 11.5 Å². The molecule has 0 bridgehead atoms. The Morgan fingerprint density at radius 2 is 2.20 bits per heavy atom. The largest absolute Gasteiger partial charge is 0.330 e. The first-order valence-electron chi connectivity index (χ1n) is 6.49. The van der Waals surface area contributed by atoms with Crippen molar-refractivity contribution in [1.82, 2.24) is 14.7 Å². The molecule has 0 N–H and O–H groups in total. The number of thiophene rings is 1. The van der Waals surface area contributed by atoms with Crippen LogP contribution in [0.3, 0.4) is 0 Å². The summed E-state index contributed by atoms with van der Waals surface area (Å²) in [6.45, 7) is 2.72. The third kappa shape index (κ3) is 2.06. The van der Waals surface area contributed by atoms with Gasteiger partial charge in [-0.1, -0.05) is 0 Å². The number of nitrogens with zero attached hydrogens (tertiary/aromatic N) is 3. The molecule has 1 atom stereocenters. The smallest absolute Gasteiger partial charge is 0.274 e. The lowest BCUT2D eigenvalue weighted by atomic mass is 10.0. The number of carbonyl (C=O) groups excluding carboxylic acids is 1. The summed E-state index contributed by atoms with van der Waals surface area (Å²) in [4.78, 5) is 27.1. The van der Waals surface area contributed by atoms with Crippen LogP contribution in [0.15, 0.2) is 28.4 Å². The van der Waals surface area contributed by atoms with Crippen LogP contribution in [0.5, 0.6) is 0 Å². The lowest BCUT2D eigenvalue weighted by molar-refractivity contribution is 0.0670. The van der Waals surface area contributed by atoms with E-state index in [-0.39, 0.29) is 17.5 Å². The van der Waals surface area contributed by atoms with Gasteiger partial charge >= 0.3 is 0 Å². The second-order valence-corrected chi connectivity index (χ2v) is 5.90. The zero-order chi connectivity index (χ0) is 14.3. The summed E-state index contributed by atoms with van der Waals surface area (Å²) in [6.07, 6.45) is 0.884. The number of carbonyl (C=O) groups is 1. The summed E-state index contributed by atoms with van der Waals surface area (Å²) in [5.74, 6) is -0.120. The summed E-state index contributed by atoms with van der Waals surface area (Å²) in [7, 11) is 1.55. The molecule has 0 saturated carbocycles. The molecule has 104 valence electrons. The minimum absolute atomic E-state index is 0.0523. The third-order valence-corrected chi connectivity index (χ3v) is 4.71. The maximum absolute atomic E-state index is 12.6. The lowest BCUT2D eigenvalue weighted by Gasteiger charge is -2.33. The Balaban J connectivity index is 1.92. The topological polar surface area (TPSA) is 55.2 Å². The van der Waals surface area contributed by atoms with Gasteiger partial charge in [0.2, 0.25) is 0 Å². The van der Waals surface area contributed by atoms with E-state index in [0.717, 1.165) is 6.42 Å². The van der Waals surface area contributed by atoms with E-state index in [1.165, 1.54) is 27.3 Å². The summed E-state index contributed by atoms with van der Waals surface area (Å²) in [6, 6.07) is 5.01. The highest BCUT2D eigenvalue weighted by atomic mass is 32.1. The van der Waals surface area contributed by atoms with E-state index >= 15 is 0 Å². The molecular formula is C14H15N3O2S. The van der Waals surface area contributed by atoms with Crippen LogP contribution in [0.1, 0.15) is 33.9 Å². The van der Waals surface area contributed by atoms with Gasteiger partial charge in [0.1, 0.15) is 5.69 Å². The van der Waals surface area contributed by atoms with E-state index in [4.69, 9.17) is 0 Å². The zero-order valence-corrected chi connectivity index (χ0v) is 12.2. The molecule has 1 aliphatic heterocycles. The average molecular weight is 289 g/mol. The maximum atomic E-state index is 12.6. The van der Waals surface area contributed by atoms with E-state index in [0.29, 0.717) is 12.2 Å². The number of aromatic nitrogens is 2. The number of hydrogen-bond donors (Lipinski definition) is 0. The minimum atomic E-state index is -0.214. The van der Waals surface area contributed by atoms with Gasteiger partial charge in [0, 0.05) is 24.5 Å². The van der Waals surface area contributed by atoms with Crippen LogP contribution < -0.4 is 5.56 Å². The molecule has 2 aromatic heterocycles. The second-order valence-electron chi connectivity index (χ2n) is 4.90. The Morgan fingerprint density at radius 3 is 2.95 bits per heavy atom. The van der Waals surface area contributed by atoms with Gasteiger partial charge in [-0.2, -0.15) is 5.10 Å². The number of hydrogen-bond acceptors (Lipinski definition) is 4. The van der Waals surface area contributed by atoms with Gasteiger partial charge in [-0.25, -0.2) is 4.68 Å². The fraction of sp³-hybridized carbons (Fsp3) is 0.357. The van der Waals surface area contributed by atoms with Crippen LogP contribution in [-0.2, 0) is 13.5 Å². The average Bonchev–Trinajstić information content (AvgIpc) is 2.91. The Bertz CT molecular complexity index is 719. The van der Waals surface area contributed by atoms with E-state index in [1.54, 1.807) is 18.4 Å². The van der Waals surface area contributed by atoms with E-state index in [2.05, 4.69) is 16.5 Å². The fourth-order valence-corrected chi connectivity index (χ4v) is 3.51.